The molecule has 1 amide bonds. The summed E-state index contributed by atoms with van der Waals surface area (Å²) < 4.78 is 12.5. The molecule has 3 N–H and O–H groups in total. The first-order valence-electron chi connectivity index (χ1n) is 4.43. The largest absolute Gasteiger partial charge is 0.344 e. The minimum Gasteiger partial charge on any atom is -0.344 e. The third-order valence-electron chi connectivity index (χ3n) is 1.64. The number of carbonyl (C=O) groups excluding carboxylic acids is 1. The van der Waals surface area contributed by atoms with Crippen LogP contribution in [0.3, 0.4) is 0 Å². The lowest BCUT2D eigenvalue weighted by molar-refractivity contribution is -0.119. The van der Waals surface area contributed by atoms with Crippen molar-refractivity contribution in [2.45, 2.75) is 0 Å². The van der Waals surface area contributed by atoms with Gasteiger partial charge in [0, 0.05) is 5.56 Å². The van der Waals surface area contributed by atoms with E-state index < -0.39 is 0 Å². The third-order valence-corrected chi connectivity index (χ3v) is 1.64. The van der Waals surface area contributed by atoms with E-state index in [2.05, 4.69) is 17.2 Å². The summed E-state index contributed by atoms with van der Waals surface area (Å²) in [5, 5.41) is 2.50. The fraction of sp³-hybridized carbons (Fsp3) is 0.182. The molecule has 0 unspecified atom stereocenters. The molecule has 0 atom stereocenters. The first-order chi connectivity index (χ1) is 7.22. The highest BCUT2D eigenvalue weighted by molar-refractivity contribution is 5.77. The van der Waals surface area contributed by atoms with Crippen LogP contribution in [-0.4, -0.2) is 19.0 Å². The van der Waals surface area contributed by atoms with Gasteiger partial charge in [-0.3, -0.25) is 4.79 Å². The smallest absolute Gasteiger partial charge is 0.234 e. The van der Waals surface area contributed by atoms with Crippen LogP contribution in [0, 0.1) is 17.7 Å². The molecule has 1 aromatic rings. The maximum Gasteiger partial charge on any atom is 0.234 e. The highest BCUT2D eigenvalue weighted by Crippen LogP contribution is 1.99. The quantitative estimate of drug-likeness (QED) is 0.682. The fourth-order valence-corrected chi connectivity index (χ4v) is 0.894. The lowest BCUT2D eigenvalue weighted by atomic mass is 10.2. The second kappa shape index (κ2) is 5.78. The molecule has 0 aliphatic carbocycles. The molecule has 0 bridgehead atoms. The Balaban J connectivity index is 2.44. The van der Waals surface area contributed by atoms with Crippen LogP contribution in [0.2, 0.25) is 0 Å². The van der Waals surface area contributed by atoms with Gasteiger partial charge in [0.05, 0.1) is 13.1 Å². The van der Waals surface area contributed by atoms with Crippen LogP contribution in [0.1, 0.15) is 5.56 Å². The van der Waals surface area contributed by atoms with Gasteiger partial charge in [0.15, 0.2) is 0 Å². The Hall–Kier alpha value is -1.86. The van der Waals surface area contributed by atoms with Crippen molar-refractivity contribution in [3.05, 3.63) is 35.6 Å². The van der Waals surface area contributed by atoms with Gasteiger partial charge >= 0.3 is 0 Å². The predicted octanol–water partition coefficient (Wildman–Crippen LogP) is 0.252. The van der Waals surface area contributed by atoms with Gasteiger partial charge in [0.2, 0.25) is 5.91 Å². The van der Waals surface area contributed by atoms with Crippen LogP contribution in [0.5, 0.6) is 0 Å². The zero-order valence-electron chi connectivity index (χ0n) is 8.09. The van der Waals surface area contributed by atoms with Gasteiger partial charge in [0.25, 0.3) is 0 Å². The van der Waals surface area contributed by atoms with E-state index in [9.17, 15) is 9.18 Å². The first kappa shape index (κ1) is 11.2. The van der Waals surface area contributed by atoms with Gasteiger partial charge < -0.3 is 11.1 Å². The van der Waals surface area contributed by atoms with Gasteiger partial charge in [0.1, 0.15) is 5.82 Å². The molecule has 0 heterocycles. The SMILES string of the molecule is NCC(=O)NCC#Cc1ccc(F)cc1. The first-order valence-corrected chi connectivity index (χ1v) is 4.43. The van der Waals surface area contributed by atoms with E-state index >= 15 is 0 Å². The summed E-state index contributed by atoms with van der Waals surface area (Å²) in [6.07, 6.45) is 0. The number of hydrogen-bond donors (Lipinski definition) is 2. The molecule has 0 aliphatic rings. The molecular weight excluding hydrogens is 195 g/mol. The molecule has 0 aliphatic heterocycles. The summed E-state index contributed by atoms with van der Waals surface area (Å²) in [7, 11) is 0. The van der Waals surface area contributed by atoms with Crippen molar-refractivity contribution in [3.63, 3.8) is 0 Å². The molecule has 1 aromatic carbocycles. The molecule has 0 saturated carbocycles. The highest BCUT2D eigenvalue weighted by Gasteiger charge is 1.91. The minimum atomic E-state index is -0.294. The van der Waals surface area contributed by atoms with E-state index in [1.54, 1.807) is 12.1 Å². The van der Waals surface area contributed by atoms with Crippen molar-refractivity contribution in [1.82, 2.24) is 5.32 Å². The van der Waals surface area contributed by atoms with E-state index in [1.807, 2.05) is 0 Å². The van der Waals surface area contributed by atoms with Gasteiger partial charge in [-0.15, -0.1) is 0 Å². The lowest BCUT2D eigenvalue weighted by Crippen LogP contribution is -2.30. The summed E-state index contributed by atoms with van der Waals surface area (Å²) in [4.78, 5) is 10.7. The maximum atomic E-state index is 12.5. The van der Waals surface area contributed by atoms with Crippen molar-refractivity contribution >= 4 is 5.91 Å². The van der Waals surface area contributed by atoms with Crippen molar-refractivity contribution in [1.29, 1.82) is 0 Å². The van der Waals surface area contributed by atoms with Gasteiger partial charge in [-0.25, -0.2) is 4.39 Å². The molecule has 78 valence electrons. The number of benzene rings is 1. The van der Waals surface area contributed by atoms with E-state index in [0.717, 1.165) is 0 Å². The second-order valence-corrected chi connectivity index (χ2v) is 2.79. The van der Waals surface area contributed by atoms with Gasteiger partial charge in [-0.1, -0.05) is 11.8 Å². The second-order valence-electron chi connectivity index (χ2n) is 2.79. The molecule has 15 heavy (non-hydrogen) atoms. The Kier molecular flexibility index (Phi) is 4.32. The monoisotopic (exact) mass is 206 g/mol. The molecule has 1 rings (SSSR count). The van der Waals surface area contributed by atoms with Crippen LogP contribution in [0.4, 0.5) is 4.39 Å². The Morgan fingerprint density at radius 2 is 2.07 bits per heavy atom. The maximum absolute atomic E-state index is 12.5. The van der Waals surface area contributed by atoms with Crippen LogP contribution < -0.4 is 11.1 Å². The number of hydrogen-bond acceptors (Lipinski definition) is 2. The lowest BCUT2D eigenvalue weighted by Gasteiger charge is -1.95. The van der Waals surface area contributed by atoms with Gasteiger partial charge in [-0.2, -0.15) is 0 Å². The number of nitrogens with one attached hydrogen (secondary N) is 1. The Morgan fingerprint density at radius 3 is 2.67 bits per heavy atom. The molecule has 3 nitrogen and oxygen atoms in total. The summed E-state index contributed by atoms with van der Waals surface area (Å²) in [6, 6.07) is 5.82. The average Bonchev–Trinajstić information content (AvgIpc) is 2.26. The van der Waals surface area contributed by atoms with Crippen LogP contribution >= 0.6 is 0 Å². The van der Waals surface area contributed by atoms with Crippen LogP contribution in [0.15, 0.2) is 24.3 Å². The third kappa shape index (κ3) is 4.25. The molecule has 0 radical (unpaired) electrons. The molecule has 4 heteroatoms. The summed E-state index contributed by atoms with van der Waals surface area (Å²) >= 11 is 0. The molecule has 0 aromatic heterocycles. The molecular formula is C11H11FN2O. The van der Waals surface area contributed by atoms with Crippen molar-refractivity contribution in [3.8, 4) is 11.8 Å². The predicted molar refractivity (Wildman–Crippen MR) is 55.3 cm³/mol. The van der Waals surface area contributed by atoms with Crippen LogP contribution in [-0.2, 0) is 4.79 Å². The Bertz CT molecular complexity index is 389. The van der Waals surface area contributed by atoms with E-state index in [0.29, 0.717) is 5.56 Å². The topological polar surface area (TPSA) is 55.1 Å². The summed E-state index contributed by atoms with van der Waals surface area (Å²) in [5.41, 5.74) is 5.79. The molecule has 0 saturated heterocycles. The molecule has 0 spiro atoms. The minimum absolute atomic E-state index is 0.0434. The Morgan fingerprint density at radius 1 is 1.40 bits per heavy atom. The van der Waals surface area contributed by atoms with E-state index in [-0.39, 0.29) is 24.8 Å². The summed E-state index contributed by atoms with van der Waals surface area (Å²) in [6.45, 7) is 0.200. The summed E-state index contributed by atoms with van der Waals surface area (Å²) in [5.74, 6) is 4.96. The standard InChI is InChI=1S/C11H11FN2O/c12-10-5-3-9(4-6-10)2-1-7-14-11(15)8-13/h3-6H,7-8,13H2,(H,14,15). The number of amides is 1. The fourth-order valence-electron chi connectivity index (χ4n) is 0.894. The Labute approximate surface area is 87.5 Å². The van der Waals surface area contributed by atoms with Crippen molar-refractivity contribution in [2.24, 2.45) is 5.73 Å². The van der Waals surface area contributed by atoms with Crippen molar-refractivity contribution < 1.29 is 9.18 Å². The number of rotatable bonds is 2. The van der Waals surface area contributed by atoms with Gasteiger partial charge in [-0.05, 0) is 24.3 Å². The highest BCUT2D eigenvalue weighted by atomic mass is 19.1. The average molecular weight is 206 g/mol. The molecule has 0 fully saturated rings. The number of nitrogens with two attached hydrogens (primary N) is 1. The van der Waals surface area contributed by atoms with Crippen LogP contribution in [0.25, 0.3) is 0 Å². The zero-order valence-corrected chi connectivity index (χ0v) is 8.09. The normalized spacial score (nSPS) is 8.93. The number of halogens is 1. The zero-order chi connectivity index (χ0) is 11.1. The van der Waals surface area contributed by atoms with E-state index in [4.69, 9.17) is 5.73 Å². The van der Waals surface area contributed by atoms with Crippen molar-refractivity contribution in [2.75, 3.05) is 13.1 Å². The number of carbonyl (C=O) groups is 1. The van der Waals surface area contributed by atoms with E-state index in [1.165, 1.54) is 12.1 Å².